The van der Waals surface area contributed by atoms with Crippen LogP contribution >= 0.6 is 12.4 Å². The molecule has 1 aliphatic heterocycles. The highest BCUT2D eigenvalue weighted by atomic mass is 35.5. The summed E-state index contributed by atoms with van der Waals surface area (Å²) in [7, 11) is 3.31. The standard InChI is InChI=1S/C20H22F2N2O2.ClH/c1-23-14-4-3-9-24(12-14)20(25)17-7-5-13(10-18(17)21)16-8-6-15(26-2)11-19(16)22;/h5-8,10-11,14,23H,3-4,9,12H2,1-2H3;1H. The predicted molar refractivity (Wildman–Crippen MR) is 104 cm³/mol. The van der Waals surface area contributed by atoms with Gasteiger partial charge in [0, 0.05) is 30.8 Å². The van der Waals surface area contributed by atoms with Crippen LogP contribution < -0.4 is 10.1 Å². The lowest BCUT2D eigenvalue weighted by atomic mass is 10.0. The lowest BCUT2D eigenvalue weighted by Gasteiger charge is -2.32. The van der Waals surface area contributed by atoms with E-state index in [9.17, 15) is 13.6 Å². The number of nitrogens with one attached hydrogen (secondary N) is 1. The third kappa shape index (κ3) is 4.57. The molecule has 1 N–H and O–H groups in total. The first-order valence-electron chi connectivity index (χ1n) is 8.63. The van der Waals surface area contributed by atoms with E-state index in [1.807, 2.05) is 7.05 Å². The maximum absolute atomic E-state index is 14.6. The van der Waals surface area contributed by atoms with Crippen molar-refractivity contribution < 1.29 is 18.3 Å². The van der Waals surface area contributed by atoms with E-state index in [2.05, 4.69) is 5.32 Å². The zero-order valence-electron chi connectivity index (χ0n) is 15.3. The number of amides is 1. The molecule has 1 atom stereocenters. The Morgan fingerprint density at radius 2 is 1.96 bits per heavy atom. The van der Waals surface area contributed by atoms with Crippen molar-refractivity contribution in [1.82, 2.24) is 10.2 Å². The summed E-state index contributed by atoms with van der Waals surface area (Å²) >= 11 is 0. The molecule has 1 amide bonds. The van der Waals surface area contributed by atoms with Gasteiger partial charge >= 0.3 is 0 Å². The van der Waals surface area contributed by atoms with Crippen LogP contribution in [0.1, 0.15) is 23.2 Å². The monoisotopic (exact) mass is 396 g/mol. The van der Waals surface area contributed by atoms with Crippen LogP contribution in [-0.2, 0) is 0 Å². The van der Waals surface area contributed by atoms with Gasteiger partial charge in [0.25, 0.3) is 5.91 Å². The number of rotatable bonds is 4. The van der Waals surface area contributed by atoms with Gasteiger partial charge in [-0.25, -0.2) is 8.78 Å². The highest BCUT2D eigenvalue weighted by Crippen LogP contribution is 2.28. The summed E-state index contributed by atoms with van der Waals surface area (Å²) in [5, 5.41) is 3.16. The minimum absolute atomic E-state index is 0. The Balaban J connectivity index is 0.00000261. The van der Waals surface area contributed by atoms with Gasteiger partial charge < -0.3 is 15.0 Å². The van der Waals surface area contributed by atoms with Crippen LogP contribution in [-0.4, -0.2) is 44.1 Å². The van der Waals surface area contributed by atoms with Gasteiger partial charge in [0.2, 0.25) is 0 Å². The van der Waals surface area contributed by atoms with Crippen LogP contribution in [0.3, 0.4) is 0 Å². The molecule has 1 fully saturated rings. The largest absolute Gasteiger partial charge is 0.497 e. The predicted octanol–water partition coefficient (Wildman–Crippen LogP) is 3.89. The second-order valence-corrected chi connectivity index (χ2v) is 6.42. The fraction of sp³-hybridized carbons (Fsp3) is 0.350. The van der Waals surface area contributed by atoms with E-state index in [0.29, 0.717) is 24.4 Å². The zero-order valence-corrected chi connectivity index (χ0v) is 16.1. The van der Waals surface area contributed by atoms with E-state index in [4.69, 9.17) is 4.74 Å². The van der Waals surface area contributed by atoms with Crippen molar-refractivity contribution in [2.45, 2.75) is 18.9 Å². The Hall–Kier alpha value is -2.18. The Bertz CT molecular complexity index is 817. The van der Waals surface area contributed by atoms with E-state index in [0.717, 1.165) is 12.8 Å². The smallest absolute Gasteiger partial charge is 0.256 e. The van der Waals surface area contributed by atoms with Gasteiger partial charge in [0.15, 0.2) is 0 Å². The van der Waals surface area contributed by atoms with Crippen molar-refractivity contribution in [3.63, 3.8) is 0 Å². The molecule has 0 saturated carbocycles. The normalized spacial score (nSPS) is 16.6. The van der Waals surface area contributed by atoms with Crippen molar-refractivity contribution in [3.8, 4) is 16.9 Å². The van der Waals surface area contributed by atoms with Gasteiger partial charge in [-0.2, -0.15) is 0 Å². The number of hydrogen-bond acceptors (Lipinski definition) is 3. The molecule has 0 aromatic heterocycles. The topological polar surface area (TPSA) is 41.6 Å². The number of likely N-dealkylation sites (tertiary alicyclic amines) is 1. The Morgan fingerprint density at radius 1 is 1.19 bits per heavy atom. The molecule has 0 spiro atoms. The van der Waals surface area contributed by atoms with Crippen molar-refractivity contribution in [2.24, 2.45) is 0 Å². The first-order chi connectivity index (χ1) is 12.5. The summed E-state index contributed by atoms with van der Waals surface area (Å²) in [6.07, 6.45) is 1.88. The third-order valence-electron chi connectivity index (χ3n) is 4.80. The molecule has 0 radical (unpaired) electrons. The number of halogens is 3. The fourth-order valence-electron chi connectivity index (χ4n) is 3.28. The van der Waals surface area contributed by atoms with Crippen LogP contribution in [0, 0.1) is 11.6 Å². The molecule has 1 saturated heterocycles. The minimum atomic E-state index is -0.644. The lowest BCUT2D eigenvalue weighted by Crippen LogP contribution is -2.47. The second kappa shape index (κ2) is 9.15. The SMILES string of the molecule is CNC1CCCN(C(=O)c2ccc(-c3ccc(OC)cc3F)cc2F)C1.Cl. The van der Waals surface area contributed by atoms with Gasteiger partial charge in [-0.3, -0.25) is 4.79 Å². The quantitative estimate of drug-likeness (QED) is 0.852. The number of piperidine rings is 1. The van der Waals surface area contributed by atoms with Gasteiger partial charge in [-0.15, -0.1) is 12.4 Å². The average Bonchev–Trinajstić information content (AvgIpc) is 2.67. The molecule has 27 heavy (non-hydrogen) atoms. The summed E-state index contributed by atoms with van der Waals surface area (Å²) in [6, 6.07) is 8.83. The van der Waals surface area contributed by atoms with Crippen LogP contribution in [0.5, 0.6) is 5.75 Å². The molecule has 1 heterocycles. The van der Waals surface area contributed by atoms with Gasteiger partial charge in [0.05, 0.1) is 12.7 Å². The molecule has 1 unspecified atom stereocenters. The molecular formula is C20H23ClF2N2O2. The molecule has 7 heteroatoms. The number of benzene rings is 2. The molecule has 2 aromatic rings. The van der Waals surface area contributed by atoms with Gasteiger partial charge in [0.1, 0.15) is 17.4 Å². The van der Waals surface area contributed by atoms with Gasteiger partial charge in [-0.05, 0) is 49.7 Å². The molecule has 146 valence electrons. The maximum atomic E-state index is 14.6. The van der Waals surface area contributed by atoms with Gasteiger partial charge in [-0.1, -0.05) is 6.07 Å². The maximum Gasteiger partial charge on any atom is 0.256 e. The van der Waals surface area contributed by atoms with Crippen LogP contribution in [0.4, 0.5) is 8.78 Å². The molecule has 4 nitrogen and oxygen atoms in total. The van der Waals surface area contributed by atoms with E-state index in [1.165, 1.54) is 31.4 Å². The molecule has 3 rings (SSSR count). The average molecular weight is 397 g/mol. The third-order valence-corrected chi connectivity index (χ3v) is 4.80. The van der Waals surface area contributed by atoms with Crippen LogP contribution in [0.25, 0.3) is 11.1 Å². The Labute approximate surface area is 163 Å². The lowest BCUT2D eigenvalue weighted by molar-refractivity contribution is 0.0693. The van der Waals surface area contributed by atoms with E-state index >= 15 is 0 Å². The van der Waals surface area contributed by atoms with E-state index in [-0.39, 0.29) is 35.5 Å². The number of nitrogens with zero attached hydrogens (tertiary/aromatic N) is 1. The number of carbonyl (C=O) groups excluding carboxylic acids is 1. The zero-order chi connectivity index (χ0) is 18.7. The summed E-state index contributed by atoms with van der Waals surface area (Å²) in [4.78, 5) is 14.3. The van der Waals surface area contributed by atoms with Crippen LogP contribution in [0.15, 0.2) is 36.4 Å². The number of likely N-dealkylation sites (N-methyl/N-ethyl adjacent to an activating group) is 1. The molecule has 2 aromatic carbocycles. The fourth-order valence-corrected chi connectivity index (χ4v) is 3.28. The van der Waals surface area contributed by atoms with Crippen molar-refractivity contribution in [2.75, 3.05) is 27.2 Å². The van der Waals surface area contributed by atoms with Crippen molar-refractivity contribution in [1.29, 1.82) is 0 Å². The molecule has 0 aliphatic carbocycles. The number of ether oxygens (including phenoxy) is 1. The first-order valence-corrected chi connectivity index (χ1v) is 8.63. The number of methoxy groups -OCH3 is 1. The molecular weight excluding hydrogens is 374 g/mol. The highest BCUT2D eigenvalue weighted by Gasteiger charge is 2.25. The first kappa shape index (κ1) is 21.1. The molecule has 1 aliphatic rings. The van der Waals surface area contributed by atoms with Crippen LogP contribution in [0.2, 0.25) is 0 Å². The minimum Gasteiger partial charge on any atom is -0.497 e. The highest BCUT2D eigenvalue weighted by molar-refractivity contribution is 5.95. The summed E-state index contributed by atoms with van der Waals surface area (Å²) in [5.74, 6) is -1.09. The summed E-state index contributed by atoms with van der Waals surface area (Å²) < 4.78 is 33.8. The van der Waals surface area contributed by atoms with E-state index < -0.39 is 11.6 Å². The molecule has 0 bridgehead atoms. The summed E-state index contributed by atoms with van der Waals surface area (Å²) in [6.45, 7) is 1.18. The number of hydrogen-bond donors (Lipinski definition) is 1. The second-order valence-electron chi connectivity index (χ2n) is 6.42. The summed E-state index contributed by atoms with van der Waals surface area (Å²) in [5.41, 5.74) is 0.655. The number of carbonyl (C=O) groups is 1. The van der Waals surface area contributed by atoms with Crippen molar-refractivity contribution in [3.05, 3.63) is 53.6 Å². The Morgan fingerprint density at radius 3 is 2.59 bits per heavy atom. The van der Waals surface area contributed by atoms with E-state index in [1.54, 1.807) is 17.0 Å². The van der Waals surface area contributed by atoms with Crippen molar-refractivity contribution >= 4 is 18.3 Å². The Kier molecular flexibility index (Phi) is 7.16.